The van der Waals surface area contributed by atoms with Crippen molar-refractivity contribution < 1.29 is 9.53 Å². The van der Waals surface area contributed by atoms with Crippen molar-refractivity contribution in [1.82, 2.24) is 0 Å². The Morgan fingerprint density at radius 3 is 2.67 bits per heavy atom. The largest absolute Gasteiger partial charge is 0.497 e. The van der Waals surface area contributed by atoms with Crippen LogP contribution in [0.25, 0.3) is 6.08 Å². The van der Waals surface area contributed by atoms with Gasteiger partial charge in [0.2, 0.25) is 5.91 Å². The minimum absolute atomic E-state index is 0.254. The second-order valence-electron chi connectivity index (χ2n) is 4.23. The molecule has 0 heterocycles. The third-order valence-electron chi connectivity index (χ3n) is 2.71. The van der Waals surface area contributed by atoms with Gasteiger partial charge in [-0.15, -0.1) is 0 Å². The third kappa shape index (κ3) is 4.52. The molecule has 2 aromatic rings. The number of anilines is 1. The van der Waals surface area contributed by atoms with Crippen LogP contribution in [0.4, 0.5) is 5.69 Å². The number of carbonyl (C=O) groups is 1. The lowest BCUT2D eigenvalue weighted by atomic mass is 10.2. The summed E-state index contributed by atoms with van der Waals surface area (Å²) >= 11 is 11.7. The van der Waals surface area contributed by atoms with Crippen LogP contribution >= 0.6 is 23.2 Å². The predicted molar refractivity (Wildman–Crippen MR) is 87.1 cm³/mol. The molecule has 0 aliphatic carbocycles. The van der Waals surface area contributed by atoms with E-state index in [1.807, 2.05) is 24.3 Å². The van der Waals surface area contributed by atoms with Gasteiger partial charge >= 0.3 is 0 Å². The second kappa shape index (κ2) is 7.16. The van der Waals surface area contributed by atoms with Crippen molar-refractivity contribution in [1.29, 1.82) is 0 Å². The van der Waals surface area contributed by atoms with Gasteiger partial charge in [0.25, 0.3) is 0 Å². The summed E-state index contributed by atoms with van der Waals surface area (Å²) < 4.78 is 5.12. The first-order chi connectivity index (χ1) is 10.1. The fourth-order valence-corrected chi connectivity index (χ4v) is 1.97. The molecule has 0 unspecified atom stereocenters. The van der Waals surface area contributed by atoms with E-state index in [1.165, 1.54) is 6.08 Å². The van der Waals surface area contributed by atoms with Crippen molar-refractivity contribution in [3.05, 3.63) is 64.1 Å². The molecule has 2 aromatic carbocycles. The Kier molecular flexibility index (Phi) is 5.26. The van der Waals surface area contributed by atoms with Gasteiger partial charge in [-0.05, 0) is 42.0 Å². The summed E-state index contributed by atoms with van der Waals surface area (Å²) in [6.07, 6.45) is 3.15. The van der Waals surface area contributed by atoms with Crippen molar-refractivity contribution in [2.45, 2.75) is 0 Å². The van der Waals surface area contributed by atoms with Gasteiger partial charge in [-0.2, -0.15) is 0 Å². The number of ether oxygens (including phenoxy) is 1. The molecule has 0 saturated heterocycles. The molecule has 5 heteroatoms. The van der Waals surface area contributed by atoms with E-state index >= 15 is 0 Å². The third-order valence-corrected chi connectivity index (χ3v) is 3.45. The Labute approximate surface area is 133 Å². The first-order valence-corrected chi connectivity index (χ1v) is 6.92. The van der Waals surface area contributed by atoms with Crippen molar-refractivity contribution in [2.24, 2.45) is 0 Å². The molecular weight excluding hydrogens is 309 g/mol. The van der Waals surface area contributed by atoms with Gasteiger partial charge in [0.05, 0.1) is 17.2 Å². The zero-order valence-corrected chi connectivity index (χ0v) is 12.8. The molecule has 0 bridgehead atoms. The minimum atomic E-state index is -0.254. The molecule has 0 aliphatic rings. The summed E-state index contributed by atoms with van der Waals surface area (Å²) in [5.41, 5.74) is 1.46. The number of carbonyl (C=O) groups excluding carboxylic acids is 1. The molecule has 0 radical (unpaired) electrons. The summed E-state index contributed by atoms with van der Waals surface area (Å²) in [4.78, 5) is 11.8. The molecule has 1 N–H and O–H groups in total. The molecule has 0 spiro atoms. The summed E-state index contributed by atoms with van der Waals surface area (Å²) in [7, 11) is 1.60. The molecule has 0 aliphatic heterocycles. The summed E-state index contributed by atoms with van der Waals surface area (Å²) in [6.45, 7) is 0. The van der Waals surface area contributed by atoms with Gasteiger partial charge in [-0.3, -0.25) is 4.79 Å². The van der Waals surface area contributed by atoms with Crippen LogP contribution in [0.1, 0.15) is 5.56 Å². The van der Waals surface area contributed by atoms with E-state index in [0.29, 0.717) is 15.7 Å². The summed E-state index contributed by atoms with van der Waals surface area (Å²) in [5.74, 6) is 0.484. The molecule has 1 amide bonds. The van der Waals surface area contributed by atoms with Gasteiger partial charge in [0.1, 0.15) is 5.75 Å². The predicted octanol–water partition coefficient (Wildman–Crippen LogP) is 4.65. The highest BCUT2D eigenvalue weighted by Crippen LogP contribution is 2.25. The van der Waals surface area contributed by atoms with E-state index in [2.05, 4.69) is 5.32 Å². The average Bonchev–Trinajstić information content (AvgIpc) is 2.49. The number of halogens is 2. The van der Waals surface area contributed by atoms with Crippen molar-refractivity contribution >= 4 is 40.9 Å². The zero-order chi connectivity index (χ0) is 15.2. The minimum Gasteiger partial charge on any atom is -0.497 e. The SMILES string of the molecule is COc1cccc(/C=C/C(=O)Nc2ccc(Cl)c(Cl)c2)c1. The van der Waals surface area contributed by atoms with Crippen molar-refractivity contribution in [3.63, 3.8) is 0 Å². The van der Waals surface area contributed by atoms with Crippen LogP contribution in [0.2, 0.25) is 10.0 Å². The smallest absolute Gasteiger partial charge is 0.248 e. The fourth-order valence-electron chi connectivity index (χ4n) is 1.67. The maximum absolute atomic E-state index is 11.8. The van der Waals surface area contributed by atoms with Crippen LogP contribution in [0.5, 0.6) is 5.75 Å². The zero-order valence-electron chi connectivity index (χ0n) is 11.3. The molecular formula is C16H13Cl2NO2. The van der Waals surface area contributed by atoms with Crippen molar-refractivity contribution in [3.8, 4) is 5.75 Å². The van der Waals surface area contributed by atoms with Crippen LogP contribution in [0.3, 0.4) is 0 Å². The van der Waals surface area contributed by atoms with Gasteiger partial charge in [-0.1, -0.05) is 35.3 Å². The lowest BCUT2D eigenvalue weighted by Gasteiger charge is -2.04. The van der Waals surface area contributed by atoms with Gasteiger partial charge in [0.15, 0.2) is 0 Å². The molecule has 0 saturated carbocycles. The normalized spacial score (nSPS) is 10.6. The molecule has 0 atom stereocenters. The Morgan fingerprint density at radius 1 is 1.14 bits per heavy atom. The van der Waals surface area contributed by atoms with Gasteiger partial charge < -0.3 is 10.1 Å². The molecule has 0 fully saturated rings. The standard InChI is InChI=1S/C16H13Cl2NO2/c1-21-13-4-2-3-11(9-13)5-8-16(20)19-12-6-7-14(17)15(18)10-12/h2-10H,1H3,(H,19,20)/b8-5+. The van der Waals surface area contributed by atoms with Gasteiger partial charge in [0, 0.05) is 11.8 Å². The molecule has 3 nitrogen and oxygen atoms in total. The maximum atomic E-state index is 11.8. The number of methoxy groups -OCH3 is 1. The number of hydrogen-bond acceptors (Lipinski definition) is 2. The topological polar surface area (TPSA) is 38.3 Å². The average molecular weight is 322 g/mol. The van der Waals surface area contributed by atoms with Crippen LogP contribution in [-0.2, 0) is 4.79 Å². The Balaban J connectivity index is 2.03. The van der Waals surface area contributed by atoms with Crippen molar-refractivity contribution in [2.75, 3.05) is 12.4 Å². The monoisotopic (exact) mass is 321 g/mol. The lowest BCUT2D eigenvalue weighted by Crippen LogP contribution is -2.07. The Bertz CT molecular complexity index is 684. The van der Waals surface area contributed by atoms with E-state index in [1.54, 1.807) is 31.4 Å². The van der Waals surface area contributed by atoms with E-state index in [0.717, 1.165) is 11.3 Å². The van der Waals surface area contributed by atoms with E-state index in [4.69, 9.17) is 27.9 Å². The fraction of sp³-hybridized carbons (Fsp3) is 0.0625. The highest BCUT2D eigenvalue weighted by molar-refractivity contribution is 6.42. The van der Waals surface area contributed by atoms with Gasteiger partial charge in [-0.25, -0.2) is 0 Å². The first kappa shape index (κ1) is 15.4. The number of rotatable bonds is 4. The summed E-state index contributed by atoms with van der Waals surface area (Å²) in [6, 6.07) is 12.3. The summed E-state index contributed by atoms with van der Waals surface area (Å²) in [5, 5.41) is 3.55. The molecule has 108 valence electrons. The highest BCUT2D eigenvalue weighted by atomic mass is 35.5. The lowest BCUT2D eigenvalue weighted by molar-refractivity contribution is -0.111. The van der Waals surface area contributed by atoms with E-state index in [-0.39, 0.29) is 5.91 Å². The van der Waals surface area contributed by atoms with Crippen LogP contribution < -0.4 is 10.1 Å². The molecule has 0 aromatic heterocycles. The van der Waals surface area contributed by atoms with Crippen LogP contribution in [0.15, 0.2) is 48.5 Å². The number of amides is 1. The highest BCUT2D eigenvalue weighted by Gasteiger charge is 2.02. The van der Waals surface area contributed by atoms with E-state index in [9.17, 15) is 4.79 Å². The number of nitrogens with one attached hydrogen (secondary N) is 1. The second-order valence-corrected chi connectivity index (χ2v) is 5.04. The van der Waals surface area contributed by atoms with E-state index < -0.39 is 0 Å². The Morgan fingerprint density at radius 2 is 1.95 bits per heavy atom. The number of benzene rings is 2. The quantitative estimate of drug-likeness (QED) is 0.832. The molecule has 21 heavy (non-hydrogen) atoms. The Hall–Kier alpha value is -1.97. The molecule has 2 rings (SSSR count). The number of hydrogen-bond donors (Lipinski definition) is 1. The van der Waals surface area contributed by atoms with Crippen LogP contribution in [0, 0.1) is 0 Å². The maximum Gasteiger partial charge on any atom is 0.248 e. The van der Waals surface area contributed by atoms with Crippen LogP contribution in [-0.4, -0.2) is 13.0 Å². The first-order valence-electron chi connectivity index (χ1n) is 6.16.